The van der Waals surface area contributed by atoms with E-state index in [1.54, 1.807) is 6.92 Å². The van der Waals surface area contributed by atoms with Gasteiger partial charge in [0.2, 0.25) is 11.4 Å². The highest BCUT2D eigenvalue weighted by Crippen LogP contribution is 2.46. The second-order valence-electron chi connectivity index (χ2n) is 8.32. The van der Waals surface area contributed by atoms with Crippen LogP contribution in [0.3, 0.4) is 0 Å². The molecule has 1 saturated heterocycles. The van der Waals surface area contributed by atoms with Gasteiger partial charge in [-0.1, -0.05) is 0 Å². The van der Waals surface area contributed by atoms with Crippen molar-refractivity contribution in [1.29, 1.82) is 0 Å². The summed E-state index contributed by atoms with van der Waals surface area (Å²) in [5, 5.41) is 10.7. The zero-order valence-electron chi connectivity index (χ0n) is 18.5. The zero-order valence-corrected chi connectivity index (χ0v) is 18.5. The summed E-state index contributed by atoms with van der Waals surface area (Å²) < 4.78 is 27.6. The standard InChI is InChI=1S/C21H26O11/c1-9-6-15(25)19(30-11(3)23)21(31-9)18(29-10(2)22)13-7-16(26)20(5,32-12(4)24)17(27)14(13)8-28-21/h9,15,18-19,25H,6-8H2,1-5H3. The van der Waals surface area contributed by atoms with Crippen LogP contribution >= 0.6 is 0 Å². The summed E-state index contributed by atoms with van der Waals surface area (Å²) in [4.78, 5) is 61.3. The van der Waals surface area contributed by atoms with Crippen LogP contribution in [0.15, 0.2) is 11.1 Å². The first-order chi connectivity index (χ1) is 14.8. The van der Waals surface area contributed by atoms with Crippen molar-refractivity contribution in [2.45, 2.75) is 83.3 Å². The fraction of sp³-hybridized carbons (Fsp3) is 0.667. The molecule has 6 atom stereocenters. The average Bonchev–Trinajstić information content (AvgIpc) is 2.65. The van der Waals surface area contributed by atoms with Crippen molar-refractivity contribution >= 4 is 29.5 Å². The van der Waals surface area contributed by atoms with E-state index in [2.05, 4.69) is 0 Å². The number of hydrogen-bond acceptors (Lipinski definition) is 11. The van der Waals surface area contributed by atoms with Gasteiger partial charge in [0.1, 0.15) is 0 Å². The van der Waals surface area contributed by atoms with Crippen molar-refractivity contribution in [3.8, 4) is 0 Å². The third kappa shape index (κ3) is 3.96. The molecule has 2 aliphatic heterocycles. The number of hydrogen-bond donors (Lipinski definition) is 1. The maximum absolute atomic E-state index is 13.2. The molecule has 0 saturated carbocycles. The number of rotatable bonds is 3. The number of ketones is 2. The summed E-state index contributed by atoms with van der Waals surface area (Å²) in [6.07, 6.45) is -5.01. The quantitative estimate of drug-likeness (QED) is 0.346. The third-order valence-electron chi connectivity index (χ3n) is 5.73. The lowest BCUT2D eigenvalue weighted by atomic mass is 9.73. The van der Waals surface area contributed by atoms with E-state index in [0.717, 1.165) is 20.8 Å². The molecule has 2 heterocycles. The van der Waals surface area contributed by atoms with Crippen LogP contribution in [0.25, 0.3) is 0 Å². The Bertz CT molecular complexity index is 905. The Kier molecular flexibility index (Phi) is 6.29. The molecule has 1 aliphatic carbocycles. The first-order valence-corrected chi connectivity index (χ1v) is 10.2. The number of carbonyl (C=O) groups is 5. The van der Waals surface area contributed by atoms with Crippen LogP contribution in [0.5, 0.6) is 0 Å². The zero-order chi connectivity index (χ0) is 24.0. The highest BCUT2D eigenvalue weighted by Gasteiger charge is 2.64. The molecule has 0 radical (unpaired) electrons. The van der Waals surface area contributed by atoms with E-state index in [1.807, 2.05) is 0 Å². The van der Waals surface area contributed by atoms with Gasteiger partial charge in [-0.3, -0.25) is 24.0 Å². The maximum atomic E-state index is 13.2. The highest BCUT2D eigenvalue weighted by atomic mass is 16.8. The molecule has 0 aromatic carbocycles. The van der Waals surface area contributed by atoms with Crippen LogP contribution in [0, 0.1) is 0 Å². The van der Waals surface area contributed by atoms with E-state index in [-0.39, 0.29) is 17.6 Å². The van der Waals surface area contributed by atoms with Gasteiger partial charge in [0.15, 0.2) is 18.0 Å². The molecular weight excluding hydrogens is 428 g/mol. The van der Waals surface area contributed by atoms with Crippen molar-refractivity contribution in [3.05, 3.63) is 11.1 Å². The molecule has 3 rings (SSSR count). The molecule has 0 aromatic rings. The van der Waals surface area contributed by atoms with Crippen molar-refractivity contribution < 1.29 is 52.8 Å². The Morgan fingerprint density at radius 1 is 1.06 bits per heavy atom. The third-order valence-corrected chi connectivity index (χ3v) is 5.73. The number of Topliss-reactive ketones (excluding diaryl/α,β-unsaturated/α-hetero) is 2. The second-order valence-corrected chi connectivity index (χ2v) is 8.32. The molecule has 6 unspecified atom stereocenters. The van der Waals surface area contributed by atoms with E-state index < -0.39 is 78.3 Å². The second kappa shape index (κ2) is 8.38. The van der Waals surface area contributed by atoms with Crippen LogP contribution in [0.4, 0.5) is 0 Å². The van der Waals surface area contributed by atoms with E-state index in [1.165, 1.54) is 6.92 Å². The summed E-state index contributed by atoms with van der Waals surface area (Å²) in [5.41, 5.74) is -1.97. The van der Waals surface area contributed by atoms with Gasteiger partial charge in [-0.25, -0.2) is 0 Å². The fourth-order valence-corrected chi connectivity index (χ4v) is 4.46. The minimum Gasteiger partial charge on any atom is -0.454 e. The largest absolute Gasteiger partial charge is 0.454 e. The van der Waals surface area contributed by atoms with Gasteiger partial charge in [-0.2, -0.15) is 0 Å². The van der Waals surface area contributed by atoms with Crippen LogP contribution in [-0.4, -0.2) is 77.0 Å². The number of aliphatic hydroxyl groups excluding tert-OH is 1. The summed E-state index contributed by atoms with van der Waals surface area (Å²) in [5.74, 6) is -5.85. The van der Waals surface area contributed by atoms with Crippen molar-refractivity contribution in [3.63, 3.8) is 0 Å². The predicted molar refractivity (Wildman–Crippen MR) is 103 cm³/mol. The summed E-state index contributed by atoms with van der Waals surface area (Å²) in [6, 6.07) is 0. The molecule has 0 bridgehead atoms. The molecule has 11 nitrogen and oxygen atoms in total. The molecular formula is C21H26O11. The van der Waals surface area contributed by atoms with E-state index in [4.69, 9.17) is 23.7 Å². The molecule has 11 heteroatoms. The molecule has 0 amide bonds. The number of carbonyl (C=O) groups excluding carboxylic acids is 5. The predicted octanol–water partition coefficient (Wildman–Crippen LogP) is -0.0937. The Labute approximate surface area is 184 Å². The lowest BCUT2D eigenvalue weighted by Gasteiger charge is -2.53. The Hall–Kier alpha value is -2.63. The van der Waals surface area contributed by atoms with E-state index in [0.29, 0.717) is 0 Å². The van der Waals surface area contributed by atoms with Crippen LogP contribution < -0.4 is 0 Å². The number of aliphatic hydroxyl groups is 1. The smallest absolute Gasteiger partial charge is 0.304 e. The molecule has 176 valence electrons. The Balaban J connectivity index is 2.15. The number of ether oxygens (including phenoxy) is 5. The van der Waals surface area contributed by atoms with Gasteiger partial charge in [0.05, 0.1) is 18.8 Å². The minimum atomic E-state index is -2.05. The molecule has 1 spiro atoms. The average molecular weight is 454 g/mol. The van der Waals surface area contributed by atoms with E-state index >= 15 is 0 Å². The molecule has 3 aliphatic rings. The van der Waals surface area contributed by atoms with Crippen molar-refractivity contribution in [2.24, 2.45) is 0 Å². The highest BCUT2D eigenvalue weighted by molar-refractivity contribution is 6.21. The first-order valence-electron chi connectivity index (χ1n) is 10.2. The van der Waals surface area contributed by atoms with E-state index in [9.17, 15) is 29.1 Å². The summed E-state index contributed by atoms with van der Waals surface area (Å²) in [7, 11) is 0. The maximum Gasteiger partial charge on any atom is 0.304 e. The van der Waals surface area contributed by atoms with Gasteiger partial charge in [-0.05, 0) is 19.4 Å². The van der Waals surface area contributed by atoms with Crippen LogP contribution in [0.1, 0.15) is 47.5 Å². The molecule has 0 aromatic heterocycles. The summed E-state index contributed by atoms with van der Waals surface area (Å²) in [6.45, 7) is 5.74. The van der Waals surface area contributed by atoms with Crippen LogP contribution in [0.2, 0.25) is 0 Å². The number of esters is 3. The van der Waals surface area contributed by atoms with Gasteiger partial charge >= 0.3 is 17.9 Å². The van der Waals surface area contributed by atoms with Gasteiger partial charge in [-0.15, -0.1) is 0 Å². The summed E-state index contributed by atoms with van der Waals surface area (Å²) >= 11 is 0. The Morgan fingerprint density at radius 2 is 1.69 bits per heavy atom. The normalized spacial score (nSPS) is 37.1. The van der Waals surface area contributed by atoms with Gasteiger partial charge < -0.3 is 28.8 Å². The minimum absolute atomic E-state index is 0.0110. The Morgan fingerprint density at radius 3 is 2.25 bits per heavy atom. The monoisotopic (exact) mass is 454 g/mol. The van der Waals surface area contributed by atoms with Gasteiger partial charge in [0, 0.05) is 39.2 Å². The fourth-order valence-electron chi connectivity index (χ4n) is 4.46. The lowest BCUT2D eigenvalue weighted by Crippen LogP contribution is -2.69. The van der Waals surface area contributed by atoms with Crippen LogP contribution in [-0.2, 0) is 47.7 Å². The van der Waals surface area contributed by atoms with Crippen molar-refractivity contribution in [1.82, 2.24) is 0 Å². The molecule has 32 heavy (non-hydrogen) atoms. The first kappa shape index (κ1) is 24.0. The molecule has 1 N–H and O–H groups in total. The molecule has 1 fully saturated rings. The van der Waals surface area contributed by atoms with Crippen molar-refractivity contribution in [2.75, 3.05) is 6.61 Å². The SMILES string of the molecule is CC(=O)OC1C2=C(COC13OC(C)CC(O)C3OC(C)=O)C(=O)C(C)(OC(C)=O)C(=O)C2. The lowest BCUT2D eigenvalue weighted by molar-refractivity contribution is -0.366. The topological polar surface area (TPSA) is 152 Å². The van der Waals surface area contributed by atoms with Gasteiger partial charge in [0.25, 0.3) is 5.79 Å².